The molecule has 0 atom stereocenters. The lowest BCUT2D eigenvalue weighted by molar-refractivity contribution is 0.261. The first-order chi connectivity index (χ1) is 13.7. The molecule has 1 aromatic carbocycles. The van der Waals surface area contributed by atoms with Crippen molar-refractivity contribution in [2.24, 2.45) is 0 Å². The van der Waals surface area contributed by atoms with E-state index in [-0.39, 0.29) is 16.9 Å². The summed E-state index contributed by atoms with van der Waals surface area (Å²) in [6.45, 7) is 5.91. The molecule has 2 amide bonds. The van der Waals surface area contributed by atoms with Crippen LogP contribution in [0.15, 0.2) is 47.1 Å². The predicted octanol–water partition coefficient (Wildman–Crippen LogP) is 4.52. The number of carbonyl (C=O) groups is 1. The Kier molecular flexibility index (Phi) is 5.81. The number of pyridine rings is 1. The van der Waals surface area contributed by atoms with Crippen LogP contribution in [0.25, 0.3) is 0 Å². The first-order valence-corrected chi connectivity index (χ1v) is 9.25. The molecule has 4 N–H and O–H groups in total. The maximum atomic E-state index is 14.4. The Balaban J connectivity index is 1.58. The normalized spacial score (nSPS) is 11.3. The van der Waals surface area contributed by atoms with Crippen molar-refractivity contribution < 1.29 is 13.7 Å². The second kappa shape index (κ2) is 8.30. The van der Waals surface area contributed by atoms with E-state index >= 15 is 0 Å². The standard InChI is InChI=1S/C21H24FN5O2/c1-21(2,3)17-12-19(27-29-17)26-20(28)25-16-7-6-13(10-15(16)22)4-5-14-8-9-24-18(23)11-14/h6-12H,4-5H2,1-3H3,(H2,23,24)(H2,25,26,27,28). The average molecular weight is 397 g/mol. The van der Waals surface area contributed by atoms with Gasteiger partial charge < -0.3 is 15.6 Å². The van der Waals surface area contributed by atoms with Crippen LogP contribution in [-0.4, -0.2) is 16.2 Å². The SMILES string of the molecule is CC(C)(C)c1cc(NC(=O)Nc2ccc(CCc3ccnc(N)c3)cc2F)no1. The fourth-order valence-electron chi connectivity index (χ4n) is 2.71. The van der Waals surface area contributed by atoms with Crippen molar-refractivity contribution in [3.63, 3.8) is 0 Å². The topological polar surface area (TPSA) is 106 Å². The van der Waals surface area contributed by atoms with Crippen LogP contribution in [0.5, 0.6) is 0 Å². The molecule has 8 heteroatoms. The van der Waals surface area contributed by atoms with Gasteiger partial charge in [-0.3, -0.25) is 5.32 Å². The first kappa shape index (κ1) is 20.3. The van der Waals surface area contributed by atoms with Crippen molar-refractivity contribution in [1.29, 1.82) is 0 Å². The number of hydrogen-bond acceptors (Lipinski definition) is 5. The highest BCUT2D eigenvalue weighted by Gasteiger charge is 2.20. The van der Waals surface area contributed by atoms with Gasteiger partial charge in [-0.2, -0.15) is 0 Å². The van der Waals surface area contributed by atoms with Crippen LogP contribution < -0.4 is 16.4 Å². The Morgan fingerprint density at radius 3 is 2.45 bits per heavy atom. The number of carbonyl (C=O) groups excluding carboxylic acids is 1. The van der Waals surface area contributed by atoms with Crippen LogP contribution in [0.2, 0.25) is 0 Å². The number of benzene rings is 1. The highest BCUT2D eigenvalue weighted by molar-refractivity contribution is 5.99. The van der Waals surface area contributed by atoms with Crippen LogP contribution in [0, 0.1) is 5.82 Å². The number of hydrogen-bond donors (Lipinski definition) is 3. The van der Waals surface area contributed by atoms with Gasteiger partial charge in [0, 0.05) is 17.7 Å². The summed E-state index contributed by atoms with van der Waals surface area (Å²) < 4.78 is 19.6. The Hall–Kier alpha value is -3.42. The summed E-state index contributed by atoms with van der Waals surface area (Å²) in [5.41, 5.74) is 7.37. The lowest BCUT2D eigenvalue weighted by Gasteiger charge is -2.12. The molecule has 0 spiro atoms. The fraction of sp³-hybridized carbons (Fsp3) is 0.286. The number of aromatic nitrogens is 2. The minimum atomic E-state index is -0.599. The van der Waals surface area contributed by atoms with Crippen molar-refractivity contribution in [3.8, 4) is 0 Å². The molecule has 7 nitrogen and oxygen atoms in total. The zero-order valence-corrected chi connectivity index (χ0v) is 16.6. The molecule has 2 aromatic heterocycles. The van der Waals surface area contributed by atoms with Gasteiger partial charge in [0.1, 0.15) is 17.4 Å². The van der Waals surface area contributed by atoms with Gasteiger partial charge in [0.05, 0.1) is 5.69 Å². The highest BCUT2D eigenvalue weighted by Crippen LogP contribution is 2.24. The minimum Gasteiger partial charge on any atom is -0.384 e. The van der Waals surface area contributed by atoms with Crippen LogP contribution in [0.1, 0.15) is 37.7 Å². The van der Waals surface area contributed by atoms with E-state index < -0.39 is 11.8 Å². The van der Waals surface area contributed by atoms with Crippen LogP contribution in [0.4, 0.5) is 26.5 Å². The maximum Gasteiger partial charge on any atom is 0.325 e. The third-order valence-electron chi connectivity index (χ3n) is 4.32. The molecule has 0 saturated carbocycles. The molecule has 0 aliphatic heterocycles. The van der Waals surface area contributed by atoms with E-state index in [1.54, 1.807) is 24.4 Å². The van der Waals surface area contributed by atoms with Crippen molar-refractivity contribution in [2.75, 3.05) is 16.4 Å². The van der Waals surface area contributed by atoms with E-state index in [2.05, 4.69) is 20.8 Å². The van der Waals surface area contributed by atoms with Gasteiger partial charge in [-0.15, -0.1) is 0 Å². The Bertz CT molecular complexity index is 1010. The molecule has 152 valence electrons. The summed E-state index contributed by atoms with van der Waals surface area (Å²) in [6, 6.07) is 9.44. The van der Waals surface area contributed by atoms with Crippen LogP contribution in [0.3, 0.4) is 0 Å². The Morgan fingerprint density at radius 1 is 1.10 bits per heavy atom. The summed E-state index contributed by atoms with van der Waals surface area (Å²) in [6.07, 6.45) is 3.00. The van der Waals surface area contributed by atoms with Gasteiger partial charge in [-0.1, -0.05) is 32.0 Å². The van der Waals surface area contributed by atoms with Crippen molar-refractivity contribution >= 4 is 23.4 Å². The van der Waals surface area contributed by atoms with Crippen molar-refractivity contribution in [3.05, 3.63) is 65.3 Å². The largest absolute Gasteiger partial charge is 0.384 e. The predicted molar refractivity (Wildman–Crippen MR) is 110 cm³/mol. The lowest BCUT2D eigenvalue weighted by atomic mass is 9.93. The van der Waals surface area contributed by atoms with Gasteiger partial charge in [0.2, 0.25) is 0 Å². The number of aryl methyl sites for hydroxylation is 2. The second-order valence-electron chi connectivity index (χ2n) is 7.81. The van der Waals surface area contributed by atoms with Crippen LogP contribution in [-0.2, 0) is 18.3 Å². The molecule has 2 heterocycles. The average Bonchev–Trinajstić information content (AvgIpc) is 3.11. The minimum absolute atomic E-state index is 0.0824. The van der Waals surface area contributed by atoms with E-state index in [0.29, 0.717) is 24.4 Å². The highest BCUT2D eigenvalue weighted by atomic mass is 19.1. The smallest absolute Gasteiger partial charge is 0.325 e. The summed E-state index contributed by atoms with van der Waals surface area (Å²) in [7, 11) is 0. The first-order valence-electron chi connectivity index (χ1n) is 9.25. The van der Waals surface area contributed by atoms with Crippen molar-refractivity contribution in [2.45, 2.75) is 39.0 Å². The van der Waals surface area contributed by atoms with E-state index in [4.69, 9.17) is 10.3 Å². The van der Waals surface area contributed by atoms with Gasteiger partial charge in [0.25, 0.3) is 0 Å². The number of nitrogens with one attached hydrogen (secondary N) is 2. The molecule has 0 bridgehead atoms. The zero-order chi connectivity index (χ0) is 21.0. The van der Waals surface area contributed by atoms with Gasteiger partial charge in [-0.05, 0) is 48.2 Å². The summed E-state index contributed by atoms with van der Waals surface area (Å²) in [5.74, 6) is 0.851. The summed E-state index contributed by atoms with van der Waals surface area (Å²) in [5, 5.41) is 8.83. The molecular weight excluding hydrogens is 373 g/mol. The van der Waals surface area contributed by atoms with E-state index in [1.165, 1.54) is 12.1 Å². The summed E-state index contributed by atoms with van der Waals surface area (Å²) in [4.78, 5) is 16.1. The monoisotopic (exact) mass is 397 g/mol. The number of halogens is 1. The molecule has 0 fully saturated rings. The lowest BCUT2D eigenvalue weighted by Crippen LogP contribution is -2.20. The number of nitrogens with two attached hydrogens (primary N) is 1. The Morgan fingerprint density at radius 2 is 1.83 bits per heavy atom. The second-order valence-corrected chi connectivity index (χ2v) is 7.81. The number of amides is 2. The number of nitrogens with zero attached hydrogens (tertiary/aromatic N) is 2. The van der Waals surface area contributed by atoms with Crippen LogP contribution >= 0.6 is 0 Å². The molecule has 0 unspecified atom stereocenters. The number of nitrogen functional groups attached to an aromatic ring is 1. The third kappa shape index (κ3) is 5.54. The van der Waals surface area contributed by atoms with Gasteiger partial charge >= 0.3 is 6.03 Å². The number of rotatable bonds is 5. The summed E-state index contributed by atoms with van der Waals surface area (Å²) >= 11 is 0. The molecule has 3 aromatic rings. The molecule has 0 radical (unpaired) electrons. The van der Waals surface area contributed by atoms with E-state index in [1.807, 2.05) is 26.8 Å². The Labute approximate surface area is 168 Å². The van der Waals surface area contributed by atoms with Gasteiger partial charge in [-0.25, -0.2) is 14.2 Å². The molecule has 0 aliphatic rings. The molecule has 3 rings (SSSR count). The van der Waals surface area contributed by atoms with E-state index in [9.17, 15) is 9.18 Å². The fourth-order valence-corrected chi connectivity index (χ4v) is 2.71. The zero-order valence-electron chi connectivity index (χ0n) is 16.6. The number of anilines is 3. The maximum absolute atomic E-state index is 14.4. The quantitative estimate of drug-likeness (QED) is 0.587. The van der Waals surface area contributed by atoms with Crippen molar-refractivity contribution in [1.82, 2.24) is 10.1 Å². The molecule has 0 aliphatic carbocycles. The molecular formula is C21H24FN5O2. The molecule has 0 saturated heterocycles. The molecule has 29 heavy (non-hydrogen) atoms. The number of urea groups is 1. The van der Waals surface area contributed by atoms with Gasteiger partial charge in [0.15, 0.2) is 5.82 Å². The third-order valence-corrected chi connectivity index (χ3v) is 4.32. The van der Waals surface area contributed by atoms with E-state index in [0.717, 1.165) is 11.1 Å².